The Bertz CT molecular complexity index is 435. The number of benzene rings is 1. The summed E-state index contributed by atoms with van der Waals surface area (Å²) >= 11 is 0. The molecule has 0 aromatic heterocycles. The molecule has 4 heteroatoms. The highest BCUT2D eigenvalue weighted by Crippen LogP contribution is 2.20. The second-order valence-electron chi connectivity index (χ2n) is 4.30. The zero-order chi connectivity index (χ0) is 12.8. The number of hydrogen-bond donors (Lipinski definition) is 1. The van der Waals surface area contributed by atoms with Crippen molar-refractivity contribution in [1.29, 1.82) is 5.26 Å². The third-order valence-electron chi connectivity index (χ3n) is 2.28. The SMILES string of the molecule is CC(C)CN(CC(=O)O)c1ccccc1C#N. The minimum atomic E-state index is -0.890. The van der Waals surface area contributed by atoms with Gasteiger partial charge in [0.05, 0.1) is 11.3 Å². The first-order valence-electron chi connectivity index (χ1n) is 5.50. The van der Waals surface area contributed by atoms with Crippen LogP contribution in [0.4, 0.5) is 5.69 Å². The summed E-state index contributed by atoms with van der Waals surface area (Å²) in [6, 6.07) is 9.15. The van der Waals surface area contributed by atoms with Crippen LogP contribution in [0.3, 0.4) is 0 Å². The molecular formula is C13H16N2O2. The van der Waals surface area contributed by atoms with Crippen LogP contribution in [0.5, 0.6) is 0 Å². The fraction of sp³-hybridized carbons (Fsp3) is 0.385. The molecule has 0 aliphatic heterocycles. The molecule has 1 aromatic carbocycles. The van der Waals surface area contributed by atoms with E-state index in [1.807, 2.05) is 19.9 Å². The fourth-order valence-electron chi connectivity index (χ4n) is 1.70. The zero-order valence-corrected chi connectivity index (χ0v) is 10.1. The Hall–Kier alpha value is -2.02. The normalized spacial score (nSPS) is 10.0. The van der Waals surface area contributed by atoms with Crippen molar-refractivity contribution in [1.82, 2.24) is 0 Å². The summed E-state index contributed by atoms with van der Waals surface area (Å²) in [6.45, 7) is 4.57. The lowest BCUT2D eigenvalue weighted by atomic mass is 10.1. The van der Waals surface area contributed by atoms with Crippen LogP contribution in [0.1, 0.15) is 19.4 Å². The van der Waals surface area contributed by atoms with E-state index in [1.54, 1.807) is 23.1 Å². The number of hydrogen-bond acceptors (Lipinski definition) is 3. The molecule has 0 heterocycles. The molecule has 90 valence electrons. The molecule has 0 saturated heterocycles. The van der Waals surface area contributed by atoms with E-state index in [2.05, 4.69) is 6.07 Å². The third kappa shape index (κ3) is 3.80. The number of aliphatic carboxylic acids is 1. The van der Waals surface area contributed by atoms with Gasteiger partial charge in [-0.15, -0.1) is 0 Å². The van der Waals surface area contributed by atoms with Crippen molar-refractivity contribution in [2.24, 2.45) is 5.92 Å². The van der Waals surface area contributed by atoms with Crippen molar-refractivity contribution < 1.29 is 9.90 Å². The molecule has 17 heavy (non-hydrogen) atoms. The first-order chi connectivity index (χ1) is 8.04. The van der Waals surface area contributed by atoms with E-state index in [9.17, 15) is 4.79 Å². The quantitative estimate of drug-likeness (QED) is 0.844. The fourth-order valence-corrected chi connectivity index (χ4v) is 1.70. The maximum Gasteiger partial charge on any atom is 0.323 e. The van der Waals surface area contributed by atoms with Gasteiger partial charge >= 0.3 is 5.97 Å². The molecule has 0 aliphatic carbocycles. The smallest absolute Gasteiger partial charge is 0.323 e. The number of nitrogens with zero attached hydrogens (tertiary/aromatic N) is 2. The van der Waals surface area contributed by atoms with Crippen LogP contribution >= 0.6 is 0 Å². The molecular weight excluding hydrogens is 216 g/mol. The number of nitriles is 1. The highest BCUT2D eigenvalue weighted by Gasteiger charge is 2.15. The summed E-state index contributed by atoms with van der Waals surface area (Å²) in [5, 5.41) is 17.9. The molecule has 1 aromatic rings. The molecule has 0 radical (unpaired) electrons. The van der Waals surface area contributed by atoms with Crippen LogP contribution in [0.2, 0.25) is 0 Å². The minimum Gasteiger partial charge on any atom is -0.480 e. The van der Waals surface area contributed by atoms with Gasteiger partial charge in [0.2, 0.25) is 0 Å². The molecule has 0 atom stereocenters. The van der Waals surface area contributed by atoms with E-state index < -0.39 is 5.97 Å². The summed E-state index contributed by atoms with van der Waals surface area (Å²) in [5.41, 5.74) is 1.19. The lowest BCUT2D eigenvalue weighted by Crippen LogP contribution is -2.33. The summed E-state index contributed by atoms with van der Waals surface area (Å²) in [4.78, 5) is 12.6. The largest absolute Gasteiger partial charge is 0.480 e. The van der Waals surface area contributed by atoms with E-state index in [4.69, 9.17) is 10.4 Å². The predicted molar refractivity (Wildman–Crippen MR) is 65.8 cm³/mol. The Morgan fingerprint density at radius 1 is 1.47 bits per heavy atom. The molecule has 0 amide bonds. The molecule has 0 unspecified atom stereocenters. The number of para-hydroxylation sites is 1. The molecule has 0 aliphatic rings. The number of carbonyl (C=O) groups is 1. The molecule has 4 nitrogen and oxygen atoms in total. The second-order valence-corrected chi connectivity index (χ2v) is 4.30. The Kier molecular flexibility index (Phi) is 4.53. The van der Waals surface area contributed by atoms with Crippen molar-refractivity contribution in [2.45, 2.75) is 13.8 Å². The highest BCUT2D eigenvalue weighted by atomic mass is 16.4. The molecule has 0 bridgehead atoms. The Morgan fingerprint density at radius 2 is 2.12 bits per heavy atom. The van der Waals surface area contributed by atoms with Gasteiger partial charge in [-0.1, -0.05) is 26.0 Å². The van der Waals surface area contributed by atoms with E-state index >= 15 is 0 Å². The van der Waals surface area contributed by atoms with Gasteiger partial charge in [0.1, 0.15) is 12.6 Å². The minimum absolute atomic E-state index is 0.0864. The van der Waals surface area contributed by atoms with Crippen molar-refractivity contribution in [3.63, 3.8) is 0 Å². The Balaban J connectivity index is 3.03. The van der Waals surface area contributed by atoms with Crippen LogP contribution in [0.25, 0.3) is 0 Å². The highest BCUT2D eigenvalue weighted by molar-refractivity contribution is 5.75. The molecule has 1 N–H and O–H groups in total. The van der Waals surface area contributed by atoms with Gasteiger partial charge < -0.3 is 10.0 Å². The van der Waals surface area contributed by atoms with E-state index in [1.165, 1.54) is 0 Å². The van der Waals surface area contributed by atoms with Crippen LogP contribution in [-0.4, -0.2) is 24.2 Å². The van der Waals surface area contributed by atoms with Crippen molar-refractivity contribution in [3.05, 3.63) is 29.8 Å². The molecule has 0 spiro atoms. The van der Waals surface area contributed by atoms with Gasteiger partial charge in [0.15, 0.2) is 0 Å². The van der Waals surface area contributed by atoms with E-state index in [0.29, 0.717) is 23.7 Å². The Morgan fingerprint density at radius 3 is 2.65 bits per heavy atom. The molecule has 0 saturated carbocycles. The average Bonchev–Trinajstić information content (AvgIpc) is 2.27. The average molecular weight is 232 g/mol. The van der Waals surface area contributed by atoms with Crippen LogP contribution in [0.15, 0.2) is 24.3 Å². The zero-order valence-electron chi connectivity index (χ0n) is 10.1. The number of carboxylic acids is 1. The van der Waals surface area contributed by atoms with Gasteiger partial charge in [-0.2, -0.15) is 5.26 Å². The predicted octanol–water partition coefficient (Wildman–Crippen LogP) is 2.11. The third-order valence-corrected chi connectivity index (χ3v) is 2.28. The maximum absolute atomic E-state index is 10.8. The second kappa shape index (κ2) is 5.90. The monoisotopic (exact) mass is 232 g/mol. The number of rotatable bonds is 5. The van der Waals surface area contributed by atoms with E-state index in [0.717, 1.165) is 0 Å². The summed E-state index contributed by atoms with van der Waals surface area (Å²) in [7, 11) is 0. The number of anilines is 1. The summed E-state index contributed by atoms with van der Waals surface area (Å²) < 4.78 is 0. The maximum atomic E-state index is 10.8. The van der Waals surface area contributed by atoms with Crippen LogP contribution in [0, 0.1) is 17.2 Å². The first kappa shape index (κ1) is 13.0. The first-order valence-corrected chi connectivity index (χ1v) is 5.50. The van der Waals surface area contributed by atoms with Crippen molar-refractivity contribution >= 4 is 11.7 Å². The van der Waals surface area contributed by atoms with Gasteiger partial charge in [0, 0.05) is 6.54 Å². The lowest BCUT2D eigenvalue weighted by molar-refractivity contribution is -0.135. The standard InChI is InChI=1S/C13H16N2O2/c1-10(2)8-15(9-13(16)17)12-6-4-3-5-11(12)7-14/h3-6,10H,8-9H2,1-2H3,(H,16,17). The topological polar surface area (TPSA) is 64.3 Å². The van der Waals surface area contributed by atoms with E-state index in [-0.39, 0.29) is 6.54 Å². The van der Waals surface area contributed by atoms with Crippen molar-refractivity contribution in [2.75, 3.05) is 18.0 Å². The molecule has 0 fully saturated rings. The summed E-state index contributed by atoms with van der Waals surface area (Å²) in [6.07, 6.45) is 0. The molecule has 1 rings (SSSR count). The van der Waals surface area contributed by atoms with Gasteiger partial charge in [-0.05, 0) is 18.1 Å². The van der Waals surface area contributed by atoms with Gasteiger partial charge in [-0.25, -0.2) is 0 Å². The van der Waals surface area contributed by atoms with Gasteiger partial charge in [0.25, 0.3) is 0 Å². The van der Waals surface area contributed by atoms with Crippen molar-refractivity contribution in [3.8, 4) is 6.07 Å². The Labute approximate surface area is 101 Å². The lowest BCUT2D eigenvalue weighted by Gasteiger charge is -2.25. The number of carboxylic acid groups (broad SMARTS) is 1. The van der Waals surface area contributed by atoms with Crippen LogP contribution in [-0.2, 0) is 4.79 Å². The van der Waals surface area contributed by atoms with Crippen LogP contribution < -0.4 is 4.90 Å². The summed E-state index contributed by atoms with van der Waals surface area (Å²) in [5.74, 6) is -0.556. The van der Waals surface area contributed by atoms with Gasteiger partial charge in [-0.3, -0.25) is 4.79 Å².